The molecule has 2 saturated carbocycles. The fourth-order valence-electron chi connectivity index (χ4n) is 10.7. The fraction of sp³-hybridized carbons (Fsp3) is 0.853. The highest BCUT2D eigenvalue weighted by Gasteiger charge is 2.71. The average Bonchev–Trinajstić information content (AvgIpc) is 3.16. The van der Waals surface area contributed by atoms with E-state index in [0.29, 0.717) is 19.4 Å². The van der Waals surface area contributed by atoms with Gasteiger partial charge < -0.3 is 29.2 Å². The standard InChI is InChI=1S/C34H52O9/c1-18(35)41-26-15-25-30(3,4)43-28(38)16-27(42-19(2)36)34(25,9)24-12-13-32(7)21(10-11-23(32)33(24,26)8)20-14-22(37)29(39)31(5,6)40-17-20/h11,20-22,24-27,29,37,39H,10,12-17H2,1-9H3/t20-,21+,22+,24+,25+,26-,27+,29-,32+,33+,34-/m0/s1. The summed E-state index contributed by atoms with van der Waals surface area (Å²) in [5, 5.41) is 21.7. The van der Waals surface area contributed by atoms with Crippen molar-refractivity contribution >= 4 is 17.9 Å². The van der Waals surface area contributed by atoms with Crippen molar-refractivity contribution in [1.29, 1.82) is 0 Å². The van der Waals surface area contributed by atoms with E-state index in [1.54, 1.807) is 0 Å². The monoisotopic (exact) mass is 604 g/mol. The van der Waals surface area contributed by atoms with Crippen molar-refractivity contribution in [1.82, 2.24) is 0 Å². The third kappa shape index (κ3) is 4.96. The molecule has 2 saturated heterocycles. The van der Waals surface area contributed by atoms with Crippen molar-refractivity contribution in [2.24, 2.45) is 39.9 Å². The van der Waals surface area contributed by atoms with Gasteiger partial charge >= 0.3 is 17.9 Å². The molecule has 9 nitrogen and oxygen atoms in total. The van der Waals surface area contributed by atoms with Gasteiger partial charge in [0, 0.05) is 30.6 Å². The Balaban J connectivity index is 1.60. The average molecular weight is 605 g/mol. The number of hydrogen-bond donors (Lipinski definition) is 2. The summed E-state index contributed by atoms with van der Waals surface area (Å²) in [6.45, 7) is 17.4. The number of rotatable bonds is 3. The molecular formula is C34H52O9. The first kappa shape index (κ1) is 32.4. The van der Waals surface area contributed by atoms with Crippen molar-refractivity contribution < 1.29 is 43.5 Å². The minimum absolute atomic E-state index is 0.0187. The number of aliphatic hydroxyl groups is 2. The Morgan fingerprint density at radius 2 is 1.53 bits per heavy atom. The molecule has 2 aliphatic heterocycles. The van der Waals surface area contributed by atoms with Crippen LogP contribution in [-0.2, 0) is 33.3 Å². The predicted molar refractivity (Wildman–Crippen MR) is 157 cm³/mol. The van der Waals surface area contributed by atoms with E-state index in [1.807, 2.05) is 27.7 Å². The van der Waals surface area contributed by atoms with Gasteiger partial charge in [0.25, 0.3) is 0 Å². The molecular weight excluding hydrogens is 552 g/mol. The maximum atomic E-state index is 13.1. The van der Waals surface area contributed by atoms with Gasteiger partial charge in [-0.3, -0.25) is 14.4 Å². The summed E-state index contributed by atoms with van der Waals surface area (Å²) in [5.41, 5.74) is -1.97. The lowest BCUT2D eigenvalue weighted by atomic mass is 9.39. The van der Waals surface area contributed by atoms with Gasteiger partial charge in [0.2, 0.25) is 0 Å². The quantitative estimate of drug-likeness (QED) is 0.272. The van der Waals surface area contributed by atoms with Crippen LogP contribution in [0, 0.1) is 39.9 Å². The van der Waals surface area contributed by atoms with Crippen molar-refractivity contribution in [2.45, 2.75) is 136 Å². The molecule has 0 aromatic rings. The van der Waals surface area contributed by atoms with Crippen LogP contribution in [0.2, 0.25) is 0 Å². The Hall–Kier alpha value is -1.97. The van der Waals surface area contributed by atoms with E-state index in [9.17, 15) is 24.6 Å². The van der Waals surface area contributed by atoms with Gasteiger partial charge in [-0.2, -0.15) is 0 Å². The SMILES string of the molecule is CC(=O)O[C@H]1C[C@@H]2C(C)(C)OC(=O)C[C@@H](OC(C)=O)[C@@]2(C)[C@@H]2CC[C@@]3(C)C(=CC[C@@H]3[C@@H]3COC(C)(C)[C@@H](O)[C@H](O)C3)[C@@]12C. The second kappa shape index (κ2) is 10.5. The van der Waals surface area contributed by atoms with Crippen LogP contribution >= 0.6 is 0 Å². The zero-order valence-corrected chi connectivity index (χ0v) is 27.4. The third-order valence-corrected chi connectivity index (χ3v) is 12.6. The van der Waals surface area contributed by atoms with E-state index in [-0.39, 0.29) is 41.5 Å². The zero-order valence-electron chi connectivity index (χ0n) is 27.4. The lowest BCUT2D eigenvalue weighted by molar-refractivity contribution is -0.227. The number of fused-ring (bicyclic) bond motifs is 5. The van der Waals surface area contributed by atoms with Gasteiger partial charge in [-0.15, -0.1) is 0 Å². The van der Waals surface area contributed by atoms with Crippen molar-refractivity contribution in [3.8, 4) is 0 Å². The number of allylic oxidation sites excluding steroid dienone is 1. The number of ether oxygens (including phenoxy) is 4. The Labute approximate surface area is 256 Å². The molecule has 0 amide bonds. The van der Waals surface area contributed by atoms with Crippen LogP contribution < -0.4 is 0 Å². The summed E-state index contributed by atoms with van der Waals surface area (Å²) in [5.74, 6) is -1.28. The first-order valence-electron chi connectivity index (χ1n) is 16.1. The smallest absolute Gasteiger partial charge is 0.310 e. The molecule has 4 fully saturated rings. The highest BCUT2D eigenvalue weighted by atomic mass is 16.6. The van der Waals surface area contributed by atoms with Gasteiger partial charge in [0.15, 0.2) is 0 Å². The summed E-state index contributed by atoms with van der Waals surface area (Å²) < 4.78 is 24.4. The molecule has 2 heterocycles. The third-order valence-electron chi connectivity index (χ3n) is 12.6. The molecule has 43 heavy (non-hydrogen) atoms. The van der Waals surface area contributed by atoms with Crippen LogP contribution in [0.1, 0.15) is 101 Å². The molecule has 5 rings (SSSR count). The molecule has 0 spiro atoms. The summed E-state index contributed by atoms with van der Waals surface area (Å²) in [6, 6.07) is 0. The number of hydrogen-bond acceptors (Lipinski definition) is 9. The number of esters is 3. The number of aliphatic hydroxyl groups excluding tert-OH is 2. The van der Waals surface area contributed by atoms with E-state index in [1.165, 1.54) is 19.4 Å². The Morgan fingerprint density at radius 3 is 2.16 bits per heavy atom. The van der Waals surface area contributed by atoms with Gasteiger partial charge in [0.05, 0.1) is 24.7 Å². The Morgan fingerprint density at radius 1 is 0.907 bits per heavy atom. The van der Waals surface area contributed by atoms with E-state index >= 15 is 0 Å². The zero-order chi connectivity index (χ0) is 31.9. The normalized spacial score (nSPS) is 47.0. The van der Waals surface area contributed by atoms with Gasteiger partial charge in [-0.25, -0.2) is 0 Å². The second-order valence-corrected chi connectivity index (χ2v) is 15.8. The van der Waals surface area contributed by atoms with Crippen LogP contribution in [0.5, 0.6) is 0 Å². The summed E-state index contributed by atoms with van der Waals surface area (Å²) in [4.78, 5) is 38.2. The largest absolute Gasteiger partial charge is 0.462 e. The first-order valence-corrected chi connectivity index (χ1v) is 16.1. The maximum Gasteiger partial charge on any atom is 0.310 e. The highest BCUT2D eigenvalue weighted by molar-refractivity contribution is 5.73. The number of cyclic esters (lactones) is 1. The lowest BCUT2D eigenvalue weighted by Crippen LogP contribution is -2.67. The molecule has 11 atom stereocenters. The molecule has 0 radical (unpaired) electrons. The molecule has 0 unspecified atom stereocenters. The molecule has 0 aromatic carbocycles. The Kier molecular flexibility index (Phi) is 7.95. The summed E-state index contributed by atoms with van der Waals surface area (Å²) in [7, 11) is 0. The summed E-state index contributed by atoms with van der Waals surface area (Å²) in [6.07, 6.45) is 2.61. The molecule has 242 valence electrons. The number of carbonyl (C=O) groups excluding carboxylic acids is 3. The minimum atomic E-state index is -0.974. The van der Waals surface area contributed by atoms with Crippen LogP contribution in [0.15, 0.2) is 11.6 Å². The summed E-state index contributed by atoms with van der Waals surface area (Å²) >= 11 is 0. The minimum Gasteiger partial charge on any atom is -0.462 e. The maximum absolute atomic E-state index is 13.1. The lowest BCUT2D eigenvalue weighted by Gasteiger charge is -2.66. The van der Waals surface area contributed by atoms with Crippen molar-refractivity contribution in [2.75, 3.05) is 6.61 Å². The van der Waals surface area contributed by atoms with E-state index in [0.717, 1.165) is 19.3 Å². The fourth-order valence-corrected chi connectivity index (χ4v) is 10.7. The van der Waals surface area contributed by atoms with Crippen molar-refractivity contribution in [3.05, 3.63) is 11.6 Å². The van der Waals surface area contributed by atoms with Gasteiger partial charge in [-0.1, -0.05) is 32.4 Å². The topological polar surface area (TPSA) is 129 Å². The molecule has 3 aliphatic carbocycles. The second-order valence-electron chi connectivity index (χ2n) is 15.8. The molecule has 9 heteroatoms. The molecule has 2 N–H and O–H groups in total. The number of carbonyl (C=O) groups is 3. The molecule has 5 aliphatic rings. The van der Waals surface area contributed by atoms with Crippen LogP contribution in [0.25, 0.3) is 0 Å². The van der Waals surface area contributed by atoms with E-state index in [4.69, 9.17) is 18.9 Å². The Bertz CT molecular complexity index is 1190. The van der Waals surface area contributed by atoms with Crippen LogP contribution in [-0.4, -0.2) is 70.3 Å². The predicted octanol–water partition coefficient (Wildman–Crippen LogP) is 4.51. The van der Waals surface area contributed by atoms with Crippen LogP contribution in [0.3, 0.4) is 0 Å². The van der Waals surface area contributed by atoms with Gasteiger partial charge in [-0.05, 0) is 83.0 Å². The van der Waals surface area contributed by atoms with E-state index in [2.05, 4.69) is 26.8 Å². The van der Waals surface area contributed by atoms with Gasteiger partial charge in [0.1, 0.15) is 23.9 Å². The van der Waals surface area contributed by atoms with Crippen LogP contribution in [0.4, 0.5) is 0 Å². The highest BCUT2D eigenvalue weighted by Crippen LogP contribution is 2.72. The van der Waals surface area contributed by atoms with Crippen molar-refractivity contribution in [3.63, 3.8) is 0 Å². The molecule has 0 bridgehead atoms. The van der Waals surface area contributed by atoms with E-state index < -0.39 is 58.4 Å². The first-order chi connectivity index (χ1) is 19.8. The molecule has 0 aromatic heterocycles.